The maximum Gasteiger partial charge on any atom is 0.0459 e. The third-order valence-electron chi connectivity index (χ3n) is 3.33. The lowest BCUT2D eigenvalue weighted by atomic mass is 9.98. The summed E-state index contributed by atoms with van der Waals surface area (Å²) in [7, 11) is 0. The monoisotopic (exact) mass is 259 g/mol. The summed E-state index contributed by atoms with van der Waals surface area (Å²) < 4.78 is 0. The Morgan fingerprint density at radius 3 is 2.11 bits per heavy atom. The van der Waals surface area contributed by atoms with E-state index in [0.717, 1.165) is 16.1 Å². The van der Waals surface area contributed by atoms with Crippen LogP contribution in [0, 0.1) is 13.8 Å². The van der Waals surface area contributed by atoms with Gasteiger partial charge in [-0.05, 0) is 54.7 Å². The highest BCUT2D eigenvalue weighted by Crippen LogP contribution is 2.29. The van der Waals surface area contributed by atoms with Crippen LogP contribution in [0.15, 0.2) is 36.4 Å². The summed E-state index contributed by atoms with van der Waals surface area (Å²) in [6.45, 7) is 6.18. The Morgan fingerprint density at radius 1 is 0.944 bits per heavy atom. The molecule has 0 fully saturated rings. The summed E-state index contributed by atoms with van der Waals surface area (Å²) >= 11 is 6.27. The Bertz CT molecular complexity index is 573. The minimum absolute atomic E-state index is 0.0358. The highest BCUT2D eigenvalue weighted by Gasteiger charge is 2.07. The minimum atomic E-state index is -0.0358. The van der Waals surface area contributed by atoms with Gasteiger partial charge in [-0.3, -0.25) is 0 Å². The molecule has 1 atom stereocenters. The summed E-state index contributed by atoms with van der Waals surface area (Å²) in [5.74, 6) is 0. The molecule has 0 saturated carbocycles. The van der Waals surface area contributed by atoms with Gasteiger partial charge in [-0.15, -0.1) is 0 Å². The molecule has 0 amide bonds. The molecule has 2 heteroatoms. The molecule has 2 N–H and O–H groups in total. The zero-order valence-corrected chi connectivity index (χ0v) is 11.8. The molecule has 2 rings (SSSR count). The van der Waals surface area contributed by atoms with E-state index in [1.54, 1.807) is 0 Å². The first-order valence-corrected chi connectivity index (χ1v) is 6.49. The smallest absolute Gasteiger partial charge is 0.0459 e. The SMILES string of the molecule is Cc1ccc(-c2ccc(C(C)N)c(Cl)c2)cc1C. The van der Waals surface area contributed by atoms with Crippen molar-refractivity contribution in [2.75, 3.05) is 0 Å². The number of hydrogen-bond donors (Lipinski definition) is 1. The van der Waals surface area contributed by atoms with Crippen LogP contribution in [0.25, 0.3) is 11.1 Å². The second-order valence-corrected chi connectivity index (χ2v) is 5.23. The van der Waals surface area contributed by atoms with Crippen molar-refractivity contribution < 1.29 is 0 Å². The molecule has 18 heavy (non-hydrogen) atoms. The molecule has 0 bridgehead atoms. The molecule has 0 radical (unpaired) electrons. The van der Waals surface area contributed by atoms with E-state index in [4.69, 9.17) is 17.3 Å². The standard InChI is InChI=1S/C16H18ClN/c1-10-4-5-13(8-11(10)2)14-6-7-15(12(3)18)16(17)9-14/h4-9,12H,18H2,1-3H3. The van der Waals surface area contributed by atoms with Crippen LogP contribution < -0.4 is 5.73 Å². The van der Waals surface area contributed by atoms with Crippen LogP contribution in [-0.2, 0) is 0 Å². The van der Waals surface area contributed by atoms with Gasteiger partial charge in [-0.2, -0.15) is 0 Å². The van der Waals surface area contributed by atoms with E-state index in [1.165, 1.54) is 16.7 Å². The van der Waals surface area contributed by atoms with Crippen molar-refractivity contribution >= 4 is 11.6 Å². The van der Waals surface area contributed by atoms with Gasteiger partial charge in [0, 0.05) is 11.1 Å². The molecule has 0 aromatic heterocycles. The average Bonchev–Trinajstić information content (AvgIpc) is 2.32. The molecule has 0 saturated heterocycles. The lowest BCUT2D eigenvalue weighted by Crippen LogP contribution is -2.05. The normalized spacial score (nSPS) is 12.5. The average molecular weight is 260 g/mol. The molecule has 94 valence electrons. The van der Waals surface area contributed by atoms with Crippen LogP contribution in [0.2, 0.25) is 5.02 Å². The largest absolute Gasteiger partial charge is 0.324 e. The summed E-state index contributed by atoms with van der Waals surface area (Å²) in [4.78, 5) is 0. The lowest BCUT2D eigenvalue weighted by Gasteiger charge is -2.11. The van der Waals surface area contributed by atoms with Gasteiger partial charge in [-0.1, -0.05) is 41.9 Å². The summed E-state index contributed by atoms with van der Waals surface area (Å²) in [6.07, 6.45) is 0. The number of halogens is 1. The predicted molar refractivity (Wildman–Crippen MR) is 79.0 cm³/mol. The van der Waals surface area contributed by atoms with Crippen molar-refractivity contribution in [2.24, 2.45) is 5.73 Å². The Balaban J connectivity index is 2.45. The Morgan fingerprint density at radius 2 is 1.56 bits per heavy atom. The minimum Gasteiger partial charge on any atom is -0.324 e. The third-order valence-corrected chi connectivity index (χ3v) is 3.66. The fourth-order valence-electron chi connectivity index (χ4n) is 2.00. The first kappa shape index (κ1) is 13.1. The van der Waals surface area contributed by atoms with Crippen molar-refractivity contribution in [3.05, 3.63) is 58.1 Å². The second-order valence-electron chi connectivity index (χ2n) is 4.82. The highest BCUT2D eigenvalue weighted by molar-refractivity contribution is 6.31. The van der Waals surface area contributed by atoms with Crippen LogP contribution in [0.1, 0.15) is 29.7 Å². The molecule has 0 aliphatic heterocycles. The maximum absolute atomic E-state index is 6.27. The number of nitrogens with two attached hydrogens (primary N) is 1. The van der Waals surface area contributed by atoms with Crippen molar-refractivity contribution in [1.29, 1.82) is 0 Å². The van der Waals surface area contributed by atoms with E-state index >= 15 is 0 Å². The van der Waals surface area contributed by atoms with E-state index in [-0.39, 0.29) is 6.04 Å². The summed E-state index contributed by atoms with van der Waals surface area (Å²) in [6, 6.07) is 12.5. The van der Waals surface area contributed by atoms with Crippen molar-refractivity contribution in [2.45, 2.75) is 26.8 Å². The number of aryl methyl sites for hydroxylation is 2. The molecular formula is C16H18ClN. The molecular weight excluding hydrogens is 242 g/mol. The summed E-state index contributed by atoms with van der Waals surface area (Å²) in [5, 5.41) is 0.737. The van der Waals surface area contributed by atoms with Crippen molar-refractivity contribution in [3.63, 3.8) is 0 Å². The highest BCUT2D eigenvalue weighted by atomic mass is 35.5. The number of hydrogen-bond acceptors (Lipinski definition) is 1. The van der Waals surface area contributed by atoms with Crippen LogP contribution in [0.4, 0.5) is 0 Å². The van der Waals surface area contributed by atoms with Gasteiger partial charge in [0.05, 0.1) is 0 Å². The quantitative estimate of drug-likeness (QED) is 0.835. The molecule has 0 heterocycles. The van der Waals surface area contributed by atoms with Crippen molar-refractivity contribution in [1.82, 2.24) is 0 Å². The van der Waals surface area contributed by atoms with Gasteiger partial charge in [0.1, 0.15) is 0 Å². The second kappa shape index (κ2) is 5.13. The molecule has 1 nitrogen and oxygen atoms in total. The Labute approximate surface area is 114 Å². The van der Waals surface area contributed by atoms with E-state index in [2.05, 4.69) is 38.1 Å². The summed E-state index contributed by atoms with van der Waals surface area (Å²) in [5.41, 5.74) is 11.8. The zero-order valence-electron chi connectivity index (χ0n) is 11.0. The van der Waals surface area contributed by atoms with Crippen LogP contribution in [0.5, 0.6) is 0 Å². The van der Waals surface area contributed by atoms with Crippen LogP contribution in [0.3, 0.4) is 0 Å². The lowest BCUT2D eigenvalue weighted by molar-refractivity contribution is 0.819. The first-order chi connectivity index (χ1) is 8.49. The van der Waals surface area contributed by atoms with Gasteiger partial charge in [0.25, 0.3) is 0 Å². The van der Waals surface area contributed by atoms with E-state index in [9.17, 15) is 0 Å². The molecule has 2 aromatic rings. The van der Waals surface area contributed by atoms with Gasteiger partial charge in [-0.25, -0.2) is 0 Å². The maximum atomic E-state index is 6.27. The van der Waals surface area contributed by atoms with Gasteiger partial charge in [0.2, 0.25) is 0 Å². The predicted octanol–water partition coefficient (Wildman–Crippen LogP) is 4.64. The molecule has 0 spiro atoms. The topological polar surface area (TPSA) is 26.0 Å². The van der Waals surface area contributed by atoms with Crippen LogP contribution in [-0.4, -0.2) is 0 Å². The molecule has 0 aliphatic rings. The first-order valence-electron chi connectivity index (χ1n) is 6.11. The number of rotatable bonds is 2. The Kier molecular flexibility index (Phi) is 3.74. The molecule has 1 unspecified atom stereocenters. The van der Waals surface area contributed by atoms with E-state index < -0.39 is 0 Å². The van der Waals surface area contributed by atoms with Gasteiger partial charge >= 0.3 is 0 Å². The zero-order chi connectivity index (χ0) is 13.3. The third kappa shape index (κ3) is 2.58. The van der Waals surface area contributed by atoms with Gasteiger partial charge in [0.15, 0.2) is 0 Å². The van der Waals surface area contributed by atoms with Gasteiger partial charge < -0.3 is 5.73 Å². The Hall–Kier alpha value is -1.31. The number of benzene rings is 2. The molecule has 2 aromatic carbocycles. The van der Waals surface area contributed by atoms with Crippen LogP contribution >= 0.6 is 11.6 Å². The molecule has 0 aliphatic carbocycles. The fourth-order valence-corrected chi connectivity index (χ4v) is 2.35. The van der Waals surface area contributed by atoms with E-state index in [0.29, 0.717) is 0 Å². The van der Waals surface area contributed by atoms with Crippen molar-refractivity contribution in [3.8, 4) is 11.1 Å². The fraction of sp³-hybridized carbons (Fsp3) is 0.250. The van der Waals surface area contributed by atoms with E-state index in [1.807, 2.05) is 19.1 Å².